The first-order chi connectivity index (χ1) is 14.6. The zero-order valence-electron chi connectivity index (χ0n) is 18.8. The van der Waals surface area contributed by atoms with Gasteiger partial charge in [0, 0.05) is 39.8 Å². The summed E-state index contributed by atoms with van der Waals surface area (Å²) in [5.74, 6) is 1.69. The number of nitrogens with zero attached hydrogens (tertiary/aromatic N) is 2. The van der Waals surface area contributed by atoms with Gasteiger partial charge in [0.25, 0.3) is 0 Å². The summed E-state index contributed by atoms with van der Waals surface area (Å²) in [6.07, 6.45) is 0.183. The van der Waals surface area contributed by atoms with Gasteiger partial charge in [0.15, 0.2) is 5.96 Å². The summed E-state index contributed by atoms with van der Waals surface area (Å²) < 4.78 is 11.2. The fourth-order valence-corrected chi connectivity index (χ4v) is 3.43. The summed E-state index contributed by atoms with van der Waals surface area (Å²) in [4.78, 5) is 6.81. The third-order valence-electron chi connectivity index (χ3n) is 5.04. The highest BCUT2D eigenvalue weighted by atomic mass is 127. The van der Waals surface area contributed by atoms with Crippen molar-refractivity contribution in [1.82, 2.24) is 15.5 Å². The predicted octanol–water partition coefficient (Wildman–Crippen LogP) is 3.79. The van der Waals surface area contributed by atoms with Gasteiger partial charge in [0.1, 0.15) is 5.75 Å². The molecule has 2 aromatic rings. The molecule has 1 aliphatic rings. The van der Waals surface area contributed by atoms with Gasteiger partial charge in [0.2, 0.25) is 0 Å². The standard InChI is InChI=1S/C24H34N4O2.HI/c1-19(2)30-23-10-8-20(9-11-23)16-26-24(25-3)27-17-21-6-4-5-7-22(21)18-28-12-14-29-15-13-28;/h4-11,19H,12-18H2,1-3H3,(H2,25,26,27);1H. The lowest BCUT2D eigenvalue weighted by atomic mass is 10.1. The van der Waals surface area contributed by atoms with Gasteiger partial charge in [-0.25, -0.2) is 0 Å². The fourth-order valence-electron chi connectivity index (χ4n) is 3.43. The average molecular weight is 538 g/mol. The summed E-state index contributed by atoms with van der Waals surface area (Å²) in [5.41, 5.74) is 3.83. The smallest absolute Gasteiger partial charge is 0.191 e. The lowest BCUT2D eigenvalue weighted by Crippen LogP contribution is -2.37. The van der Waals surface area contributed by atoms with E-state index in [0.717, 1.165) is 51.1 Å². The van der Waals surface area contributed by atoms with Crippen LogP contribution in [0.4, 0.5) is 0 Å². The Kier molecular flexibility index (Phi) is 11.1. The maximum Gasteiger partial charge on any atom is 0.191 e. The third-order valence-corrected chi connectivity index (χ3v) is 5.04. The highest BCUT2D eigenvalue weighted by molar-refractivity contribution is 14.0. The molecule has 1 heterocycles. The second-order valence-electron chi connectivity index (χ2n) is 7.75. The molecule has 2 N–H and O–H groups in total. The molecule has 31 heavy (non-hydrogen) atoms. The fraction of sp³-hybridized carbons (Fsp3) is 0.458. The van der Waals surface area contributed by atoms with Crippen molar-refractivity contribution in [2.24, 2.45) is 4.99 Å². The molecule has 6 nitrogen and oxygen atoms in total. The average Bonchev–Trinajstić information content (AvgIpc) is 2.76. The number of aliphatic imine (C=N–C) groups is 1. The molecule has 7 heteroatoms. The van der Waals surface area contributed by atoms with Gasteiger partial charge in [-0.1, -0.05) is 36.4 Å². The number of ether oxygens (including phenoxy) is 2. The van der Waals surface area contributed by atoms with Gasteiger partial charge in [-0.3, -0.25) is 9.89 Å². The molecule has 1 saturated heterocycles. The Bertz CT molecular complexity index is 805. The molecular formula is C24H35IN4O2. The van der Waals surface area contributed by atoms with Crippen LogP contribution in [0.5, 0.6) is 5.75 Å². The van der Waals surface area contributed by atoms with Crippen molar-refractivity contribution in [2.45, 2.75) is 39.6 Å². The minimum atomic E-state index is 0. The van der Waals surface area contributed by atoms with Crippen LogP contribution in [-0.4, -0.2) is 50.3 Å². The minimum Gasteiger partial charge on any atom is -0.491 e. The maximum atomic E-state index is 5.70. The van der Waals surface area contributed by atoms with Crippen molar-refractivity contribution in [1.29, 1.82) is 0 Å². The van der Waals surface area contributed by atoms with Crippen LogP contribution in [0, 0.1) is 0 Å². The number of morpholine rings is 1. The van der Waals surface area contributed by atoms with E-state index in [4.69, 9.17) is 9.47 Å². The van der Waals surface area contributed by atoms with E-state index in [1.807, 2.05) is 26.0 Å². The quantitative estimate of drug-likeness (QED) is 0.305. The van der Waals surface area contributed by atoms with Crippen LogP contribution in [0.2, 0.25) is 0 Å². The Morgan fingerprint density at radius 2 is 1.65 bits per heavy atom. The Hall–Kier alpha value is -1.84. The summed E-state index contributed by atoms with van der Waals surface area (Å²) in [6.45, 7) is 10.1. The van der Waals surface area contributed by atoms with Gasteiger partial charge >= 0.3 is 0 Å². The Labute approximate surface area is 203 Å². The largest absolute Gasteiger partial charge is 0.491 e. The van der Waals surface area contributed by atoms with E-state index < -0.39 is 0 Å². The summed E-state index contributed by atoms with van der Waals surface area (Å²) in [7, 11) is 1.80. The monoisotopic (exact) mass is 538 g/mol. The van der Waals surface area contributed by atoms with Gasteiger partial charge < -0.3 is 20.1 Å². The van der Waals surface area contributed by atoms with Crippen LogP contribution in [-0.2, 0) is 24.4 Å². The van der Waals surface area contributed by atoms with Gasteiger partial charge in [-0.05, 0) is 42.7 Å². The van der Waals surface area contributed by atoms with Crippen molar-refractivity contribution in [3.63, 3.8) is 0 Å². The minimum absolute atomic E-state index is 0. The van der Waals surface area contributed by atoms with Crippen LogP contribution in [0.25, 0.3) is 0 Å². The number of nitrogens with one attached hydrogen (secondary N) is 2. The molecule has 1 aliphatic heterocycles. The molecule has 0 bridgehead atoms. The Morgan fingerprint density at radius 1 is 1.00 bits per heavy atom. The zero-order chi connectivity index (χ0) is 21.2. The van der Waals surface area contributed by atoms with Crippen LogP contribution in [0.15, 0.2) is 53.5 Å². The topological polar surface area (TPSA) is 58.1 Å². The molecule has 0 aromatic heterocycles. The Morgan fingerprint density at radius 3 is 2.29 bits per heavy atom. The number of hydrogen-bond donors (Lipinski definition) is 2. The molecule has 0 amide bonds. The van der Waals surface area contributed by atoms with Crippen LogP contribution >= 0.6 is 24.0 Å². The zero-order valence-corrected chi connectivity index (χ0v) is 21.1. The van der Waals surface area contributed by atoms with E-state index in [-0.39, 0.29) is 30.1 Å². The molecule has 3 rings (SSSR count). The molecule has 1 fully saturated rings. The normalized spacial score (nSPS) is 14.8. The lowest BCUT2D eigenvalue weighted by molar-refractivity contribution is 0.0341. The molecule has 0 atom stereocenters. The summed E-state index contributed by atoms with van der Waals surface area (Å²) in [6, 6.07) is 16.8. The van der Waals surface area contributed by atoms with E-state index in [2.05, 4.69) is 56.9 Å². The van der Waals surface area contributed by atoms with Crippen molar-refractivity contribution in [3.8, 4) is 5.75 Å². The first-order valence-electron chi connectivity index (χ1n) is 10.7. The van der Waals surface area contributed by atoms with E-state index >= 15 is 0 Å². The van der Waals surface area contributed by atoms with Crippen molar-refractivity contribution < 1.29 is 9.47 Å². The molecule has 0 spiro atoms. The summed E-state index contributed by atoms with van der Waals surface area (Å²) in [5, 5.41) is 6.83. The van der Waals surface area contributed by atoms with Crippen LogP contribution < -0.4 is 15.4 Å². The number of hydrogen-bond acceptors (Lipinski definition) is 4. The number of guanidine groups is 1. The van der Waals surface area contributed by atoms with E-state index in [1.165, 1.54) is 16.7 Å². The molecular weight excluding hydrogens is 503 g/mol. The molecule has 0 unspecified atom stereocenters. The maximum absolute atomic E-state index is 5.70. The first kappa shape index (κ1) is 25.4. The number of benzene rings is 2. The molecule has 2 aromatic carbocycles. The van der Waals surface area contributed by atoms with Crippen molar-refractivity contribution >= 4 is 29.9 Å². The SMILES string of the molecule is CN=C(NCc1ccc(OC(C)C)cc1)NCc1ccccc1CN1CCOCC1.I. The first-order valence-corrected chi connectivity index (χ1v) is 10.7. The van der Waals surface area contributed by atoms with E-state index in [1.54, 1.807) is 7.05 Å². The van der Waals surface area contributed by atoms with Gasteiger partial charge in [-0.15, -0.1) is 24.0 Å². The van der Waals surface area contributed by atoms with Crippen LogP contribution in [0.3, 0.4) is 0 Å². The van der Waals surface area contributed by atoms with Gasteiger partial charge in [0.05, 0.1) is 19.3 Å². The number of rotatable bonds is 8. The van der Waals surface area contributed by atoms with Crippen LogP contribution in [0.1, 0.15) is 30.5 Å². The van der Waals surface area contributed by atoms with Crippen molar-refractivity contribution in [2.75, 3.05) is 33.4 Å². The van der Waals surface area contributed by atoms with E-state index in [9.17, 15) is 0 Å². The molecule has 0 saturated carbocycles. The van der Waals surface area contributed by atoms with E-state index in [0.29, 0.717) is 6.54 Å². The summed E-state index contributed by atoms with van der Waals surface area (Å²) >= 11 is 0. The predicted molar refractivity (Wildman–Crippen MR) is 137 cm³/mol. The molecule has 0 radical (unpaired) electrons. The second-order valence-corrected chi connectivity index (χ2v) is 7.75. The highest BCUT2D eigenvalue weighted by Gasteiger charge is 2.12. The van der Waals surface area contributed by atoms with Gasteiger partial charge in [-0.2, -0.15) is 0 Å². The van der Waals surface area contributed by atoms with Crippen molar-refractivity contribution in [3.05, 3.63) is 65.2 Å². The highest BCUT2D eigenvalue weighted by Crippen LogP contribution is 2.14. The Balaban J connectivity index is 0.00000341. The lowest BCUT2D eigenvalue weighted by Gasteiger charge is -2.27. The molecule has 170 valence electrons. The second kappa shape index (κ2) is 13.5. The molecule has 0 aliphatic carbocycles. The third kappa shape index (κ3) is 8.66. The number of halogens is 1.